The molecule has 3 aromatic rings. The van der Waals surface area contributed by atoms with E-state index in [9.17, 15) is 36.7 Å². The van der Waals surface area contributed by atoms with Gasteiger partial charge in [-0.2, -0.15) is 31.6 Å². The standard InChI is InChI=1S/C21H15F6N3O/c1-11-5-6-12(9-28)16(7-11)29-10-17(31)14-8-18(21(25,26)27)30-19-13(14)3-2-4-15(19)20(22,23)24/h2-8,17,29,31H,10H2,1H3. The molecule has 31 heavy (non-hydrogen) atoms. The largest absolute Gasteiger partial charge is 0.433 e. The molecule has 1 aromatic heterocycles. The fourth-order valence-electron chi connectivity index (χ4n) is 3.14. The van der Waals surface area contributed by atoms with Crippen LogP contribution in [0, 0.1) is 18.3 Å². The molecule has 0 fully saturated rings. The average Bonchev–Trinajstić information content (AvgIpc) is 2.69. The van der Waals surface area contributed by atoms with Crippen molar-refractivity contribution < 1.29 is 31.4 Å². The molecule has 0 aliphatic heterocycles. The molecule has 4 nitrogen and oxygen atoms in total. The highest BCUT2D eigenvalue weighted by molar-refractivity contribution is 5.86. The first-order valence-corrected chi connectivity index (χ1v) is 8.92. The third-order valence-electron chi connectivity index (χ3n) is 4.61. The smallest absolute Gasteiger partial charge is 0.387 e. The van der Waals surface area contributed by atoms with Crippen molar-refractivity contribution in [2.75, 3.05) is 11.9 Å². The highest BCUT2D eigenvalue weighted by Gasteiger charge is 2.38. The first-order chi connectivity index (χ1) is 14.4. The van der Waals surface area contributed by atoms with Gasteiger partial charge in [-0.3, -0.25) is 0 Å². The van der Waals surface area contributed by atoms with Gasteiger partial charge in [-0.25, -0.2) is 4.98 Å². The SMILES string of the molecule is Cc1ccc(C#N)c(NCC(O)c2cc(C(F)(F)F)nc3c(C(F)(F)F)cccc23)c1. The van der Waals surface area contributed by atoms with Gasteiger partial charge in [0, 0.05) is 11.9 Å². The van der Waals surface area contributed by atoms with E-state index in [1.54, 1.807) is 19.1 Å². The number of fused-ring (bicyclic) bond motifs is 1. The highest BCUT2D eigenvalue weighted by Crippen LogP contribution is 2.39. The molecular weight excluding hydrogens is 424 g/mol. The Morgan fingerprint density at radius 2 is 1.77 bits per heavy atom. The van der Waals surface area contributed by atoms with Crippen LogP contribution >= 0.6 is 0 Å². The van der Waals surface area contributed by atoms with E-state index in [0.29, 0.717) is 17.8 Å². The number of aryl methyl sites for hydroxylation is 1. The van der Waals surface area contributed by atoms with Crippen molar-refractivity contribution in [3.63, 3.8) is 0 Å². The number of pyridine rings is 1. The maximum Gasteiger partial charge on any atom is 0.433 e. The summed E-state index contributed by atoms with van der Waals surface area (Å²) in [6.07, 6.45) is -11.6. The molecule has 0 saturated heterocycles. The predicted octanol–water partition coefficient (Wildman–Crippen LogP) is 5.60. The predicted molar refractivity (Wildman–Crippen MR) is 101 cm³/mol. The van der Waals surface area contributed by atoms with Crippen molar-refractivity contribution >= 4 is 16.6 Å². The van der Waals surface area contributed by atoms with Crippen LogP contribution in [0.5, 0.6) is 0 Å². The molecular formula is C21H15F6N3O. The Balaban J connectivity index is 2.08. The third kappa shape index (κ3) is 4.72. The Labute approximate surface area is 172 Å². The molecule has 1 heterocycles. The Kier molecular flexibility index (Phi) is 5.83. The maximum absolute atomic E-state index is 13.3. The minimum atomic E-state index is -5.01. The number of nitriles is 1. The highest BCUT2D eigenvalue weighted by atomic mass is 19.4. The Morgan fingerprint density at radius 3 is 2.39 bits per heavy atom. The van der Waals surface area contributed by atoms with E-state index in [-0.39, 0.29) is 23.1 Å². The molecule has 10 heteroatoms. The van der Waals surface area contributed by atoms with Crippen LogP contribution in [-0.4, -0.2) is 16.6 Å². The number of hydrogen-bond acceptors (Lipinski definition) is 4. The lowest BCUT2D eigenvalue weighted by Crippen LogP contribution is -2.17. The number of benzene rings is 2. The minimum Gasteiger partial charge on any atom is -0.387 e. The summed E-state index contributed by atoms with van der Waals surface area (Å²) in [7, 11) is 0. The second-order valence-corrected chi connectivity index (χ2v) is 6.85. The number of aromatic nitrogens is 1. The average molecular weight is 439 g/mol. The molecule has 2 aromatic carbocycles. The molecule has 0 saturated carbocycles. The molecule has 0 amide bonds. The molecule has 0 aliphatic carbocycles. The summed E-state index contributed by atoms with van der Waals surface area (Å²) in [6.45, 7) is 1.41. The monoisotopic (exact) mass is 439 g/mol. The molecule has 0 spiro atoms. The zero-order valence-electron chi connectivity index (χ0n) is 15.9. The van der Waals surface area contributed by atoms with Crippen LogP contribution in [0.3, 0.4) is 0 Å². The molecule has 0 radical (unpaired) electrons. The summed E-state index contributed by atoms with van der Waals surface area (Å²) in [6, 6.07) is 10.2. The zero-order valence-corrected chi connectivity index (χ0v) is 15.9. The number of para-hydroxylation sites is 1. The Morgan fingerprint density at radius 1 is 1.06 bits per heavy atom. The van der Waals surface area contributed by atoms with Gasteiger partial charge < -0.3 is 10.4 Å². The van der Waals surface area contributed by atoms with Crippen LogP contribution < -0.4 is 5.32 Å². The van der Waals surface area contributed by atoms with Crippen molar-refractivity contribution in [2.45, 2.75) is 25.4 Å². The summed E-state index contributed by atoms with van der Waals surface area (Å²) in [5, 5.41) is 22.3. The summed E-state index contributed by atoms with van der Waals surface area (Å²) in [5.74, 6) is 0. The number of nitrogens with one attached hydrogen (secondary N) is 1. The lowest BCUT2D eigenvalue weighted by Gasteiger charge is -2.19. The van der Waals surface area contributed by atoms with Crippen LogP contribution in [0.15, 0.2) is 42.5 Å². The van der Waals surface area contributed by atoms with Gasteiger partial charge in [0.05, 0.1) is 28.4 Å². The first-order valence-electron chi connectivity index (χ1n) is 8.92. The van der Waals surface area contributed by atoms with Gasteiger partial charge in [-0.1, -0.05) is 18.2 Å². The van der Waals surface area contributed by atoms with Crippen molar-refractivity contribution in [3.8, 4) is 6.07 Å². The van der Waals surface area contributed by atoms with Gasteiger partial charge in [-0.05, 0) is 42.3 Å². The van der Waals surface area contributed by atoms with Crippen LogP contribution in [0.1, 0.15) is 34.1 Å². The van der Waals surface area contributed by atoms with Gasteiger partial charge in [0.15, 0.2) is 0 Å². The van der Waals surface area contributed by atoms with Crippen molar-refractivity contribution in [3.05, 3.63) is 70.4 Å². The number of rotatable bonds is 4. The second kappa shape index (κ2) is 8.07. The minimum absolute atomic E-state index is 0.243. The van der Waals surface area contributed by atoms with E-state index in [2.05, 4.69) is 10.3 Å². The number of nitrogens with zero attached hydrogens (tertiary/aromatic N) is 2. The number of anilines is 1. The molecule has 3 rings (SSSR count). The quantitative estimate of drug-likeness (QED) is 0.520. The van der Waals surface area contributed by atoms with E-state index in [1.165, 1.54) is 12.1 Å². The van der Waals surface area contributed by atoms with Crippen LogP contribution in [-0.2, 0) is 12.4 Å². The Bertz CT molecular complexity index is 1160. The molecule has 1 atom stereocenters. The van der Waals surface area contributed by atoms with Crippen LogP contribution in [0.25, 0.3) is 10.9 Å². The van der Waals surface area contributed by atoms with Crippen LogP contribution in [0.4, 0.5) is 32.0 Å². The molecule has 0 aliphatic rings. The normalized spacial score (nSPS) is 13.1. The number of alkyl halides is 6. The topological polar surface area (TPSA) is 68.9 Å². The van der Waals surface area contributed by atoms with Crippen molar-refractivity contribution in [2.24, 2.45) is 0 Å². The van der Waals surface area contributed by atoms with Gasteiger partial charge in [0.25, 0.3) is 0 Å². The fraction of sp³-hybridized carbons (Fsp3) is 0.238. The Hall–Kier alpha value is -3.32. The van der Waals surface area contributed by atoms with Crippen molar-refractivity contribution in [1.82, 2.24) is 4.98 Å². The third-order valence-corrected chi connectivity index (χ3v) is 4.61. The summed E-state index contributed by atoms with van der Waals surface area (Å²) >= 11 is 0. The lowest BCUT2D eigenvalue weighted by molar-refractivity contribution is -0.142. The van der Waals surface area contributed by atoms with Gasteiger partial charge in [0.2, 0.25) is 0 Å². The van der Waals surface area contributed by atoms with Gasteiger partial charge in [0.1, 0.15) is 11.8 Å². The molecule has 0 bridgehead atoms. The summed E-state index contributed by atoms with van der Waals surface area (Å²) in [5.41, 5.74) is -2.75. The van der Waals surface area contributed by atoms with E-state index < -0.39 is 35.2 Å². The fourth-order valence-corrected chi connectivity index (χ4v) is 3.14. The lowest BCUT2D eigenvalue weighted by atomic mass is 9.99. The van der Waals surface area contributed by atoms with Gasteiger partial charge >= 0.3 is 12.4 Å². The van der Waals surface area contributed by atoms with E-state index in [0.717, 1.165) is 11.6 Å². The molecule has 2 N–H and O–H groups in total. The van der Waals surface area contributed by atoms with E-state index in [1.807, 2.05) is 6.07 Å². The van der Waals surface area contributed by atoms with Crippen LogP contribution in [0.2, 0.25) is 0 Å². The molecule has 162 valence electrons. The maximum atomic E-state index is 13.3. The summed E-state index contributed by atoms with van der Waals surface area (Å²) in [4.78, 5) is 3.19. The first kappa shape index (κ1) is 22.4. The zero-order chi connectivity index (χ0) is 23.0. The van der Waals surface area contributed by atoms with E-state index in [4.69, 9.17) is 0 Å². The van der Waals surface area contributed by atoms with Gasteiger partial charge in [-0.15, -0.1) is 0 Å². The number of aliphatic hydroxyl groups is 1. The van der Waals surface area contributed by atoms with E-state index >= 15 is 0 Å². The second-order valence-electron chi connectivity index (χ2n) is 6.85. The number of halogens is 6. The number of hydrogen-bond donors (Lipinski definition) is 2. The molecule has 1 unspecified atom stereocenters. The summed E-state index contributed by atoms with van der Waals surface area (Å²) < 4.78 is 79.9. The van der Waals surface area contributed by atoms with Crippen molar-refractivity contribution in [1.29, 1.82) is 5.26 Å². The number of aliphatic hydroxyl groups excluding tert-OH is 1.